The summed E-state index contributed by atoms with van der Waals surface area (Å²) < 4.78 is 23.5. The third-order valence-electron chi connectivity index (χ3n) is 1.05. The van der Waals surface area contributed by atoms with Crippen molar-refractivity contribution in [3.05, 3.63) is 11.8 Å². The predicted octanol–water partition coefficient (Wildman–Crippen LogP) is 1.97. The molecule has 0 aromatic carbocycles. The lowest BCUT2D eigenvalue weighted by Gasteiger charge is -2.07. The molecule has 0 unspecified atom stereocenters. The topological polar surface area (TPSA) is 12.0 Å². The van der Waals surface area contributed by atoms with Crippen molar-refractivity contribution in [2.45, 2.75) is 13.8 Å². The summed E-state index contributed by atoms with van der Waals surface area (Å²) in [5.74, 6) is -0.125. The van der Waals surface area contributed by atoms with Crippen LogP contribution < -0.4 is 5.32 Å². The van der Waals surface area contributed by atoms with Gasteiger partial charge in [0.1, 0.15) is 0 Å². The summed E-state index contributed by atoms with van der Waals surface area (Å²) in [5, 5.41) is 2.43. The minimum Gasteiger partial charge on any atom is -0.387 e. The maximum Gasteiger partial charge on any atom is 0.289 e. The van der Waals surface area contributed by atoms with Crippen molar-refractivity contribution in [3.63, 3.8) is 0 Å². The van der Waals surface area contributed by atoms with Crippen molar-refractivity contribution < 1.29 is 8.78 Å². The van der Waals surface area contributed by atoms with E-state index in [9.17, 15) is 8.78 Å². The van der Waals surface area contributed by atoms with Crippen LogP contribution in [0.25, 0.3) is 0 Å². The summed E-state index contributed by atoms with van der Waals surface area (Å²) in [5.41, 5.74) is 0.0231. The normalized spacial score (nSPS) is 9.56. The van der Waals surface area contributed by atoms with Crippen LogP contribution in [-0.4, -0.2) is 7.05 Å². The molecular weight excluding hydrogens is 124 g/mol. The SMILES string of the molecule is CNC(=C(F)F)C(C)C. The first-order chi connectivity index (χ1) is 4.09. The molecule has 0 atom stereocenters. The van der Waals surface area contributed by atoms with Gasteiger partial charge in [-0.2, -0.15) is 8.78 Å². The standard InChI is InChI=1S/C6H11F2N/c1-4(2)5(9-3)6(7)8/h4,9H,1-3H3. The van der Waals surface area contributed by atoms with E-state index in [0.717, 1.165) is 0 Å². The zero-order valence-electron chi connectivity index (χ0n) is 5.83. The van der Waals surface area contributed by atoms with Gasteiger partial charge in [-0.15, -0.1) is 0 Å². The van der Waals surface area contributed by atoms with Gasteiger partial charge in [-0.25, -0.2) is 0 Å². The highest BCUT2D eigenvalue weighted by Crippen LogP contribution is 2.12. The highest BCUT2D eigenvalue weighted by atomic mass is 19.3. The monoisotopic (exact) mass is 135 g/mol. The second kappa shape index (κ2) is 3.43. The molecule has 0 aliphatic rings. The molecule has 1 nitrogen and oxygen atoms in total. The van der Waals surface area contributed by atoms with Gasteiger partial charge in [-0.3, -0.25) is 0 Å². The Balaban J connectivity index is 4.16. The molecule has 0 rings (SSSR count). The third kappa shape index (κ3) is 2.44. The minimum atomic E-state index is -1.62. The molecule has 54 valence electrons. The molecule has 0 saturated carbocycles. The van der Waals surface area contributed by atoms with Gasteiger partial charge >= 0.3 is 0 Å². The number of halogens is 2. The molecule has 0 bridgehead atoms. The van der Waals surface area contributed by atoms with Crippen molar-refractivity contribution in [2.75, 3.05) is 7.05 Å². The van der Waals surface area contributed by atoms with E-state index in [2.05, 4.69) is 5.32 Å². The van der Waals surface area contributed by atoms with Gasteiger partial charge in [0.05, 0.1) is 5.70 Å². The van der Waals surface area contributed by atoms with Crippen LogP contribution in [0.5, 0.6) is 0 Å². The van der Waals surface area contributed by atoms with Crippen molar-refractivity contribution in [1.82, 2.24) is 5.32 Å². The van der Waals surface area contributed by atoms with E-state index < -0.39 is 6.08 Å². The fourth-order valence-corrected chi connectivity index (χ4v) is 0.601. The average Bonchev–Trinajstić information content (AvgIpc) is 1.64. The van der Waals surface area contributed by atoms with Crippen LogP contribution in [0.4, 0.5) is 8.78 Å². The first-order valence-electron chi connectivity index (χ1n) is 2.82. The Morgan fingerprint density at radius 2 is 1.78 bits per heavy atom. The lowest BCUT2D eigenvalue weighted by Crippen LogP contribution is -2.12. The molecule has 0 aromatic heterocycles. The van der Waals surface area contributed by atoms with Gasteiger partial charge in [0.2, 0.25) is 0 Å². The van der Waals surface area contributed by atoms with Crippen molar-refractivity contribution >= 4 is 0 Å². The summed E-state index contributed by atoms with van der Waals surface area (Å²) in [6, 6.07) is 0. The maximum absolute atomic E-state index is 11.8. The summed E-state index contributed by atoms with van der Waals surface area (Å²) in [7, 11) is 1.49. The highest BCUT2D eigenvalue weighted by molar-refractivity contribution is 5.01. The maximum atomic E-state index is 11.8. The van der Waals surface area contributed by atoms with E-state index >= 15 is 0 Å². The van der Waals surface area contributed by atoms with Crippen LogP contribution in [0.1, 0.15) is 13.8 Å². The van der Waals surface area contributed by atoms with Gasteiger partial charge in [0, 0.05) is 7.05 Å². The molecule has 9 heavy (non-hydrogen) atoms. The van der Waals surface area contributed by atoms with Gasteiger partial charge in [-0.1, -0.05) is 13.8 Å². The van der Waals surface area contributed by atoms with Crippen LogP contribution in [0.2, 0.25) is 0 Å². The lowest BCUT2D eigenvalue weighted by molar-refractivity contribution is 0.391. The number of nitrogens with one attached hydrogen (secondary N) is 1. The molecule has 0 fully saturated rings. The minimum absolute atomic E-state index is 0.0231. The zero-order chi connectivity index (χ0) is 7.44. The smallest absolute Gasteiger partial charge is 0.289 e. The Morgan fingerprint density at radius 3 is 1.78 bits per heavy atom. The second-order valence-corrected chi connectivity index (χ2v) is 2.08. The van der Waals surface area contributed by atoms with Crippen LogP contribution in [-0.2, 0) is 0 Å². The number of allylic oxidation sites excluding steroid dienone is 1. The number of rotatable bonds is 2. The molecule has 0 radical (unpaired) electrons. The molecule has 0 aliphatic carbocycles. The third-order valence-corrected chi connectivity index (χ3v) is 1.05. The Morgan fingerprint density at radius 1 is 1.33 bits per heavy atom. The fourth-order valence-electron chi connectivity index (χ4n) is 0.601. The molecule has 0 aliphatic heterocycles. The van der Waals surface area contributed by atoms with Crippen LogP contribution in [0.15, 0.2) is 11.8 Å². The van der Waals surface area contributed by atoms with Gasteiger partial charge in [-0.05, 0) is 5.92 Å². The number of hydrogen-bond donors (Lipinski definition) is 1. The summed E-state index contributed by atoms with van der Waals surface area (Å²) in [4.78, 5) is 0. The molecule has 0 spiro atoms. The quantitative estimate of drug-likeness (QED) is 0.610. The van der Waals surface area contributed by atoms with Crippen LogP contribution >= 0.6 is 0 Å². The largest absolute Gasteiger partial charge is 0.387 e. The molecule has 0 amide bonds. The van der Waals surface area contributed by atoms with Crippen molar-refractivity contribution in [3.8, 4) is 0 Å². The van der Waals surface area contributed by atoms with E-state index in [1.54, 1.807) is 13.8 Å². The first-order valence-corrected chi connectivity index (χ1v) is 2.82. The lowest BCUT2D eigenvalue weighted by atomic mass is 10.1. The van der Waals surface area contributed by atoms with E-state index in [0.29, 0.717) is 0 Å². The second-order valence-electron chi connectivity index (χ2n) is 2.08. The van der Waals surface area contributed by atoms with E-state index in [1.165, 1.54) is 7.05 Å². The first kappa shape index (κ1) is 8.40. The van der Waals surface area contributed by atoms with E-state index in [4.69, 9.17) is 0 Å². The molecule has 1 N–H and O–H groups in total. The molecule has 0 aromatic rings. The van der Waals surface area contributed by atoms with E-state index in [-0.39, 0.29) is 11.6 Å². The van der Waals surface area contributed by atoms with Gasteiger partial charge in [0.25, 0.3) is 6.08 Å². The Labute approximate surface area is 53.8 Å². The molecular formula is C6H11F2N. The molecule has 0 heterocycles. The molecule has 0 saturated heterocycles. The van der Waals surface area contributed by atoms with Crippen LogP contribution in [0.3, 0.4) is 0 Å². The van der Waals surface area contributed by atoms with Crippen molar-refractivity contribution in [2.24, 2.45) is 5.92 Å². The average molecular weight is 135 g/mol. The summed E-state index contributed by atoms with van der Waals surface area (Å²) in [6.07, 6.45) is -1.62. The van der Waals surface area contributed by atoms with E-state index in [1.807, 2.05) is 0 Å². The van der Waals surface area contributed by atoms with Gasteiger partial charge in [0.15, 0.2) is 0 Å². The zero-order valence-corrected chi connectivity index (χ0v) is 5.83. The molecule has 3 heteroatoms. The van der Waals surface area contributed by atoms with Crippen LogP contribution in [0, 0.1) is 5.92 Å². The van der Waals surface area contributed by atoms with Crippen molar-refractivity contribution in [1.29, 1.82) is 0 Å². The Bertz CT molecular complexity index is 114. The number of hydrogen-bond acceptors (Lipinski definition) is 1. The fraction of sp³-hybridized carbons (Fsp3) is 0.667. The highest BCUT2D eigenvalue weighted by Gasteiger charge is 2.06. The summed E-state index contributed by atoms with van der Waals surface area (Å²) in [6.45, 7) is 3.43. The summed E-state index contributed by atoms with van der Waals surface area (Å²) >= 11 is 0. The predicted molar refractivity (Wildman–Crippen MR) is 33.1 cm³/mol. The Hall–Kier alpha value is -0.600. The van der Waals surface area contributed by atoms with Gasteiger partial charge < -0.3 is 5.32 Å². The Kier molecular flexibility index (Phi) is 3.20.